The van der Waals surface area contributed by atoms with Crippen LogP contribution < -0.4 is 11.1 Å². The summed E-state index contributed by atoms with van der Waals surface area (Å²) in [5.74, 6) is 1.74. The predicted octanol–water partition coefficient (Wildman–Crippen LogP) is 1.17. The molecule has 1 saturated heterocycles. The van der Waals surface area contributed by atoms with Crippen LogP contribution in [0.2, 0.25) is 0 Å². The maximum absolute atomic E-state index is 11.6. The van der Waals surface area contributed by atoms with Crippen molar-refractivity contribution in [3.8, 4) is 0 Å². The lowest BCUT2D eigenvalue weighted by Crippen LogP contribution is -2.35. The van der Waals surface area contributed by atoms with Crippen LogP contribution in [0.4, 0.5) is 11.6 Å². The number of rotatable bonds is 3. The normalized spacial score (nSPS) is 22.4. The summed E-state index contributed by atoms with van der Waals surface area (Å²) >= 11 is 0. The Morgan fingerprint density at radius 2 is 2.16 bits per heavy atom. The van der Waals surface area contributed by atoms with Crippen molar-refractivity contribution < 1.29 is 8.42 Å². The summed E-state index contributed by atoms with van der Waals surface area (Å²) in [6.45, 7) is 4.02. The first-order valence-electron chi connectivity index (χ1n) is 6.46. The minimum Gasteiger partial charge on any atom is -0.383 e. The third-order valence-corrected chi connectivity index (χ3v) is 5.12. The van der Waals surface area contributed by atoms with E-state index in [2.05, 4.69) is 15.3 Å². The van der Waals surface area contributed by atoms with Gasteiger partial charge < -0.3 is 11.1 Å². The first kappa shape index (κ1) is 14.0. The Bertz CT molecular complexity index is 557. The number of hydrogen-bond acceptors (Lipinski definition) is 6. The lowest BCUT2D eigenvalue weighted by Gasteiger charge is -2.25. The molecule has 0 spiro atoms. The molecule has 1 unspecified atom stereocenters. The third kappa shape index (κ3) is 3.34. The van der Waals surface area contributed by atoms with Crippen LogP contribution >= 0.6 is 0 Å². The van der Waals surface area contributed by atoms with Gasteiger partial charge in [-0.25, -0.2) is 18.4 Å². The second kappa shape index (κ2) is 5.32. The maximum atomic E-state index is 11.6. The molecule has 0 saturated carbocycles. The van der Waals surface area contributed by atoms with Gasteiger partial charge >= 0.3 is 0 Å². The van der Waals surface area contributed by atoms with E-state index < -0.39 is 9.84 Å². The Balaban J connectivity index is 2.22. The average Bonchev–Trinajstić information content (AvgIpc) is 2.26. The molecule has 1 atom stereocenters. The van der Waals surface area contributed by atoms with Crippen molar-refractivity contribution in [2.45, 2.75) is 38.6 Å². The number of sulfone groups is 1. The Kier molecular flexibility index (Phi) is 3.93. The van der Waals surface area contributed by atoms with Crippen LogP contribution in [-0.4, -0.2) is 35.9 Å². The van der Waals surface area contributed by atoms with Crippen LogP contribution in [0.1, 0.15) is 38.2 Å². The number of aromatic nitrogens is 2. The van der Waals surface area contributed by atoms with Crippen LogP contribution in [0.5, 0.6) is 0 Å². The minimum absolute atomic E-state index is 0.0921. The second-order valence-corrected chi connectivity index (χ2v) is 7.50. The molecule has 1 aromatic heterocycles. The van der Waals surface area contributed by atoms with Gasteiger partial charge in [-0.2, -0.15) is 0 Å². The first-order valence-corrected chi connectivity index (χ1v) is 8.28. The summed E-state index contributed by atoms with van der Waals surface area (Å²) in [5.41, 5.74) is 6.72. The lowest BCUT2D eigenvalue weighted by atomic mass is 10.0. The van der Waals surface area contributed by atoms with Crippen molar-refractivity contribution in [1.29, 1.82) is 0 Å². The number of nitrogens with two attached hydrogens (primary N) is 1. The summed E-state index contributed by atoms with van der Waals surface area (Å²) in [4.78, 5) is 8.20. The van der Waals surface area contributed by atoms with E-state index in [1.807, 2.05) is 13.8 Å². The van der Waals surface area contributed by atoms with Gasteiger partial charge in [0.1, 0.15) is 18.0 Å². The van der Waals surface area contributed by atoms with Gasteiger partial charge in [0.15, 0.2) is 9.84 Å². The summed E-state index contributed by atoms with van der Waals surface area (Å²) in [6, 6.07) is -0.0921. The highest BCUT2D eigenvalue weighted by atomic mass is 32.2. The molecular weight excluding hydrogens is 264 g/mol. The molecule has 7 heteroatoms. The third-order valence-electron chi connectivity index (χ3n) is 3.30. The molecule has 1 aliphatic rings. The standard InChI is InChI=1S/C12H20N4O2S/c1-8(2)10-11(13)14-7-15-12(10)16-9-4-3-5-19(17,18)6-9/h7-9H,3-6H2,1-2H3,(H3,13,14,15,16). The van der Waals surface area contributed by atoms with Crippen molar-refractivity contribution >= 4 is 21.5 Å². The highest BCUT2D eigenvalue weighted by Gasteiger charge is 2.26. The summed E-state index contributed by atoms with van der Waals surface area (Å²) in [5, 5.41) is 3.22. The van der Waals surface area contributed by atoms with E-state index in [0.717, 1.165) is 12.0 Å². The van der Waals surface area contributed by atoms with Crippen LogP contribution in [0.15, 0.2) is 6.33 Å². The number of hydrogen-bond donors (Lipinski definition) is 2. The molecule has 0 amide bonds. The van der Waals surface area contributed by atoms with Gasteiger partial charge in [-0.15, -0.1) is 0 Å². The van der Waals surface area contributed by atoms with Crippen LogP contribution in [0.25, 0.3) is 0 Å². The molecule has 3 N–H and O–H groups in total. The number of nitrogens with zero attached hydrogens (tertiary/aromatic N) is 2. The molecule has 6 nitrogen and oxygen atoms in total. The van der Waals surface area contributed by atoms with E-state index in [1.54, 1.807) is 0 Å². The summed E-state index contributed by atoms with van der Waals surface area (Å²) < 4.78 is 23.3. The summed E-state index contributed by atoms with van der Waals surface area (Å²) in [7, 11) is -2.93. The van der Waals surface area contributed by atoms with E-state index in [4.69, 9.17) is 5.73 Å². The molecule has 0 bridgehead atoms. The molecule has 0 aromatic carbocycles. The zero-order chi connectivity index (χ0) is 14.0. The van der Waals surface area contributed by atoms with Crippen molar-refractivity contribution in [1.82, 2.24) is 9.97 Å². The molecular formula is C12H20N4O2S. The quantitative estimate of drug-likeness (QED) is 0.864. The van der Waals surface area contributed by atoms with Gasteiger partial charge in [-0.05, 0) is 18.8 Å². The summed E-state index contributed by atoms with van der Waals surface area (Å²) in [6.07, 6.45) is 2.93. The fraction of sp³-hybridized carbons (Fsp3) is 0.667. The molecule has 0 radical (unpaired) electrons. The van der Waals surface area contributed by atoms with Crippen LogP contribution in [0.3, 0.4) is 0 Å². The molecule has 106 valence electrons. The smallest absolute Gasteiger partial charge is 0.152 e. The number of nitrogens with one attached hydrogen (secondary N) is 1. The van der Waals surface area contributed by atoms with Gasteiger partial charge in [-0.1, -0.05) is 13.8 Å². The van der Waals surface area contributed by atoms with Gasteiger partial charge in [0.25, 0.3) is 0 Å². The molecule has 0 aliphatic carbocycles. The van der Waals surface area contributed by atoms with Gasteiger partial charge in [-0.3, -0.25) is 0 Å². The molecule has 1 aromatic rings. The minimum atomic E-state index is -2.93. The number of anilines is 2. The fourth-order valence-electron chi connectivity index (χ4n) is 2.42. The lowest BCUT2D eigenvalue weighted by molar-refractivity contribution is 0.561. The first-order chi connectivity index (χ1) is 8.89. The van der Waals surface area contributed by atoms with Crippen LogP contribution in [0, 0.1) is 0 Å². The van der Waals surface area contributed by atoms with Crippen LogP contribution in [-0.2, 0) is 9.84 Å². The molecule has 1 fully saturated rings. The highest BCUT2D eigenvalue weighted by Crippen LogP contribution is 2.27. The monoisotopic (exact) mass is 284 g/mol. The molecule has 2 heterocycles. The zero-order valence-electron chi connectivity index (χ0n) is 11.3. The fourth-order valence-corrected chi connectivity index (χ4v) is 4.06. The number of nitrogen functional groups attached to an aromatic ring is 1. The van der Waals surface area contributed by atoms with Crippen molar-refractivity contribution in [3.05, 3.63) is 11.9 Å². The van der Waals surface area contributed by atoms with E-state index in [0.29, 0.717) is 18.1 Å². The van der Waals surface area contributed by atoms with Crippen molar-refractivity contribution in [2.24, 2.45) is 0 Å². The van der Waals surface area contributed by atoms with E-state index in [1.165, 1.54) is 6.33 Å². The Labute approximate surface area is 113 Å². The molecule has 2 rings (SSSR count). The van der Waals surface area contributed by atoms with Crippen molar-refractivity contribution in [3.63, 3.8) is 0 Å². The zero-order valence-corrected chi connectivity index (χ0v) is 12.1. The predicted molar refractivity (Wildman–Crippen MR) is 75.8 cm³/mol. The van der Waals surface area contributed by atoms with Gasteiger partial charge in [0, 0.05) is 11.6 Å². The maximum Gasteiger partial charge on any atom is 0.152 e. The largest absolute Gasteiger partial charge is 0.383 e. The molecule has 19 heavy (non-hydrogen) atoms. The molecule has 1 aliphatic heterocycles. The highest BCUT2D eigenvalue weighted by molar-refractivity contribution is 7.91. The van der Waals surface area contributed by atoms with E-state index in [9.17, 15) is 8.42 Å². The van der Waals surface area contributed by atoms with Crippen molar-refractivity contribution in [2.75, 3.05) is 22.6 Å². The Morgan fingerprint density at radius 1 is 1.42 bits per heavy atom. The van der Waals surface area contributed by atoms with E-state index >= 15 is 0 Å². The van der Waals surface area contributed by atoms with Gasteiger partial charge in [0.05, 0.1) is 11.5 Å². The topological polar surface area (TPSA) is 98.0 Å². The second-order valence-electron chi connectivity index (χ2n) is 5.27. The average molecular weight is 284 g/mol. The Morgan fingerprint density at radius 3 is 2.79 bits per heavy atom. The van der Waals surface area contributed by atoms with E-state index in [-0.39, 0.29) is 23.5 Å². The SMILES string of the molecule is CC(C)c1c(N)ncnc1NC1CCCS(=O)(=O)C1. The Hall–Kier alpha value is -1.37. The van der Waals surface area contributed by atoms with Gasteiger partial charge in [0.2, 0.25) is 0 Å².